The lowest BCUT2D eigenvalue weighted by Gasteiger charge is -2.37. The van der Waals surface area contributed by atoms with Crippen molar-refractivity contribution < 1.29 is 27.9 Å². The van der Waals surface area contributed by atoms with E-state index in [9.17, 15) is 27.9 Å². The van der Waals surface area contributed by atoms with Gasteiger partial charge in [0.1, 0.15) is 12.5 Å². The molecule has 1 atom stereocenters. The molecule has 1 unspecified atom stereocenters. The van der Waals surface area contributed by atoms with Crippen LogP contribution in [0.2, 0.25) is 5.02 Å². The lowest BCUT2D eigenvalue weighted by atomic mass is 9.97. The summed E-state index contributed by atoms with van der Waals surface area (Å²) in [7, 11) is 0. The van der Waals surface area contributed by atoms with Crippen LogP contribution in [0, 0.1) is 5.92 Å². The maximum atomic E-state index is 13.9. The highest BCUT2D eigenvalue weighted by Gasteiger charge is 2.37. The van der Waals surface area contributed by atoms with Crippen LogP contribution in [0.1, 0.15) is 53.5 Å². The van der Waals surface area contributed by atoms with Crippen LogP contribution in [-0.2, 0) is 11.5 Å². The van der Waals surface area contributed by atoms with Gasteiger partial charge in [0.25, 0.3) is 11.8 Å². The fourth-order valence-corrected chi connectivity index (χ4v) is 5.68. The van der Waals surface area contributed by atoms with Gasteiger partial charge < -0.3 is 15.3 Å². The number of likely N-dealkylation sites (tertiary alicyclic amines) is 1. The number of carboxylic acids is 1. The molecular weight excluding hydrogens is 561 g/mol. The number of anilines is 1. The largest absolute Gasteiger partial charge is 0.481 e. The first-order valence-corrected chi connectivity index (χ1v) is 13.9. The van der Waals surface area contributed by atoms with Crippen molar-refractivity contribution in [1.82, 2.24) is 25.2 Å². The highest BCUT2D eigenvalue weighted by Crippen LogP contribution is 2.33. The van der Waals surface area contributed by atoms with E-state index in [1.807, 2.05) is 9.80 Å². The number of carbonyl (C=O) groups excluding carboxylic acids is 1. The van der Waals surface area contributed by atoms with Gasteiger partial charge in [-0.2, -0.15) is 0 Å². The molecule has 2 N–H and O–H groups in total. The van der Waals surface area contributed by atoms with Gasteiger partial charge in [0.05, 0.1) is 28.1 Å². The number of benzene rings is 1. The van der Waals surface area contributed by atoms with Crippen LogP contribution in [0.5, 0.6) is 0 Å². The average molecular weight is 591 g/mol. The SMILES string of the molecule is O=C(NCC(c1cnc(CF)nc1)N1CCC(F)(F)CC1)c1c(Cl)ccc2nc(N3CCC(C(=O)O)CC3)ccc12. The first kappa shape index (κ1) is 29.0. The van der Waals surface area contributed by atoms with Gasteiger partial charge in [0.2, 0.25) is 0 Å². The molecule has 0 saturated carbocycles. The van der Waals surface area contributed by atoms with Crippen LogP contribution >= 0.6 is 11.6 Å². The van der Waals surface area contributed by atoms with E-state index in [0.29, 0.717) is 48.2 Å². The molecule has 13 heteroatoms. The van der Waals surface area contributed by atoms with Crippen LogP contribution in [0.4, 0.5) is 19.0 Å². The summed E-state index contributed by atoms with van der Waals surface area (Å²) >= 11 is 6.47. The summed E-state index contributed by atoms with van der Waals surface area (Å²) < 4.78 is 40.7. The van der Waals surface area contributed by atoms with Crippen molar-refractivity contribution in [1.29, 1.82) is 0 Å². The summed E-state index contributed by atoms with van der Waals surface area (Å²) in [5.74, 6) is -3.64. The number of piperidine rings is 2. The fourth-order valence-electron chi connectivity index (χ4n) is 5.43. The van der Waals surface area contributed by atoms with Gasteiger partial charge in [-0.05, 0) is 37.1 Å². The van der Waals surface area contributed by atoms with E-state index >= 15 is 0 Å². The third-order valence-electron chi connectivity index (χ3n) is 7.86. The monoisotopic (exact) mass is 590 g/mol. The molecule has 0 aliphatic carbocycles. The summed E-state index contributed by atoms with van der Waals surface area (Å²) in [5, 5.41) is 12.9. The molecule has 2 saturated heterocycles. The molecule has 2 aromatic heterocycles. The molecule has 0 spiro atoms. The number of hydrogen-bond acceptors (Lipinski definition) is 7. The molecule has 1 amide bonds. The number of pyridine rings is 1. The Kier molecular flexibility index (Phi) is 8.60. The number of nitrogens with one attached hydrogen (secondary N) is 1. The highest BCUT2D eigenvalue weighted by atomic mass is 35.5. The maximum absolute atomic E-state index is 13.9. The van der Waals surface area contributed by atoms with Crippen LogP contribution < -0.4 is 10.2 Å². The van der Waals surface area contributed by atoms with Crippen molar-refractivity contribution in [2.24, 2.45) is 5.92 Å². The number of alkyl halides is 3. The smallest absolute Gasteiger partial charge is 0.306 e. The molecule has 0 bridgehead atoms. The molecule has 2 aliphatic rings. The lowest BCUT2D eigenvalue weighted by Crippen LogP contribution is -2.45. The van der Waals surface area contributed by atoms with E-state index in [0.717, 1.165) is 0 Å². The van der Waals surface area contributed by atoms with Gasteiger partial charge in [-0.1, -0.05) is 11.6 Å². The van der Waals surface area contributed by atoms with E-state index in [-0.39, 0.29) is 54.8 Å². The zero-order chi connectivity index (χ0) is 29.1. The van der Waals surface area contributed by atoms with Crippen molar-refractivity contribution in [3.63, 3.8) is 0 Å². The summed E-state index contributed by atoms with van der Waals surface area (Å²) in [4.78, 5) is 41.4. The Hall–Kier alpha value is -3.51. The maximum Gasteiger partial charge on any atom is 0.306 e. The van der Waals surface area contributed by atoms with Gasteiger partial charge in [0, 0.05) is 68.9 Å². The molecular formula is C28H30ClF3N6O3. The standard InChI is InChI=1S/C28H30ClF3N6O3/c29-20-2-3-21-19(1-4-24(36-21)38-9-5-17(6-10-38)27(40)41)25(20)26(39)35-16-22(18-14-33-23(13-30)34-15-18)37-11-7-28(31,32)8-12-37/h1-4,14-15,17,22H,5-13,16H2,(H,35,39)(H,40,41). The lowest BCUT2D eigenvalue weighted by molar-refractivity contribution is -0.142. The van der Waals surface area contributed by atoms with Crippen LogP contribution in [0.15, 0.2) is 36.7 Å². The predicted molar refractivity (Wildman–Crippen MR) is 147 cm³/mol. The van der Waals surface area contributed by atoms with E-state index in [4.69, 9.17) is 16.6 Å². The molecule has 5 rings (SSSR count). The zero-order valence-electron chi connectivity index (χ0n) is 22.2. The van der Waals surface area contributed by atoms with Gasteiger partial charge in [-0.25, -0.2) is 28.1 Å². The normalized spacial score (nSPS) is 18.8. The van der Waals surface area contributed by atoms with E-state index < -0.39 is 30.5 Å². The third kappa shape index (κ3) is 6.54. The second kappa shape index (κ2) is 12.2. The van der Waals surface area contributed by atoms with Crippen LogP contribution in [0.25, 0.3) is 10.9 Å². The number of rotatable bonds is 8. The Morgan fingerprint density at radius 1 is 1.07 bits per heavy atom. The first-order valence-electron chi connectivity index (χ1n) is 13.5. The van der Waals surface area contributed by atoms with Crippen molar-refractivity contribution in [2.45, 2.75) is 44.3 Å². The number of carboxylic acid groups (broad SMARTS) is 1. The number of carbonyl (C=O) groups is 2. The minimum atomic E-state index is -2.74. The number of aliphatic carboxylic acids is 1. The quantitative estimate of drug-likeness (QED) is 0.390. The minimum Gasteiger partial charge on any atom is -0.481 e. The van der Waals surface area contributed by atoms with Gasteiger partial charge in [-0.15, -0.1) is 0 Å². The molecule has 2 aliphatic heterocycles. The Morgan fingerprint density at radius 3 is 2.39 bits per heavy atom. The Morgan fingerprint density at radius 2 is 1.76 bits per heavy atom. The van der Waals surface area contributed by atoms with Crippen LogP contribution in [-0.4, -0.2) is 75.5 Å². The molecule has 218 valence electrons. The Bertz CT molecular complexity index is 1410. The molecule has 3 aromatic rings. The van der Waals surface area contributed by atoms with Gasteiger partial charge in [-0.3, -0.25) is 14.5 Å². The van der Waals surface area contributed by atoms with Gasteiger partial charge >= 0.3 is 5.97 Å². The second-order valence-electron chi connectivity index (χ2n) is 10.4. The van der Waals surface area contributed by atoms with E-state index in [1.165, 1.54) is 12.4 Å². The van der Waals surface area contributed by atoms with Crippen molar-refractivity contribution in [3.8, 4) is 0 Å². The topological polar surface area (TPSA) is 112 Å². The summed E-state index contributed by atoms with van der Waals surface area (Å²) in [6, 6.07) is 6.38. The zero-order valence-corrected chi connectivity index (χ0v) is 23.0. The molecule has 4 heterocycles. The van der Waals surface area contributed by atoms with Crippen LogP contribution in [0.3, 0.4) is 0 Å². The number of fused-ring (bicyclic) bond motifs is 1. The highest BCUT2D eigenvalue weighted by molar-refractivity contribution is 6.35. The third-order valence-corrected chi connectivity index (χ3v) is 8.17. The molecule has 0 radical (unpaired) electrons. The minimum absolute atomic E-state index is 0.0161. The van der Waals surface area contributed by atoms with E-state index in [1.54, 1.807) is 24.3 Å². The number of hydrogen-bond donors (Lipinski definition) is 2. The summed E-state index contributed by atoms with van der Waals surface area (Å²) in [5.41, 5.74) is 1.37. The Labute approximate surface area is 239 Å². The number of halogens is 4. The molecule has 1 aromatic carbocycles. The second-order valence-corrected chi connectivity index (χ2v) is 10.8. The number of amides is 1. The fraction of sp³-hybridized carbons (Fsp3) is 0.464. The molecule has 9 nitrogen and oxygen atoms in total. The molecule has 2 fully saturated rings. The summed E-state index contributed by atoms with van der Waals surface area (Å²) in [6.45, 7) is 0.604. The Balaban J connectivity index is 1.35. The summed E-state index contributed by atoms with van der Waals surface area (Å²) in [6.07, 6.45) is 3.36. The first-order chi connectivity index (χ1) is 19.6. The van der Waals surface area contributed by atoms with Crippen molar-refractivity contribution in [3.05, 3.63) is 58.6 Å². The number of nitrogens with zero attached hydrogens (tertiary/aromatic N) is 5. The van der Waals surface area contributed by atoms with Crippen molar-refractivity contribution >= 4 is 40.2 Å². The van der Waals surface area contributed by atoms with E-state index in [2.05, 4.69) is 15.3 Å². The predicted octanol–water partition coefficient (Wildman–Crippen LogP) is 4.65. The molecule has 41 heavy (non-hydrogen) atoms. The van der Waals surface area contributed by atoms with Crippen molar-refractivity contribution in [2.75, 3.05) is 37.6 Å². The average Bonchev–Trinajstić information content (AvgIpc) is 2.97. The number of aromatic nitrogens is 3. The van der Waals surface area contributed by atoms with Gasteiger partial charge in [0.15, 0.2) is 5.82 Å².